The van der Waals surface area contributed by atoms with Gasteiger partial charge in [-0.2, -0.15) is 0 Å². The molecule has 2 saturated heterocycles. The number of nitrogens with one attached hydrogen (secondary N) is 16. The van der Waals surface area contributed by atoms with Gasteiger partial charge in [0.1, 0.15) is 78.6 Å². The van der Waals surface area contributed by atoms with Crippen LogP contribution in [0.5, 0.6) is 0 Å². The Hall–Kier alpha value is -14.1. The van der Waals surface area contributed by atoms with Crippen molar-refractivity contribution in [2.75, 3.05) is 78.8 Å². The number of hydrogen-bond acceptors (Lipinski definition) is 29. The lowest BCUT2D eigenvalue weighted by atomic mass is 9.98. The second kappa shape index (κ2) is 67.7. The molecule has 50 nitrogen and oxygen atoms in total. The number of benzene rings is 2. The molecule has 2 fully saturated rings. The van der Waals surface area contributed by atoms with Gasteiger partial charge in [-0.15, -0.1) is 5.10 Å². The number of H-pyrrole nitrogens is 2. The molecular weight excluding hydrogens is 1940 g/mol. The normalized spacial score (nSPS) is 18.6. The number of tetrazole rings is 1. The Bertz CT molecular complexity index is 5110. The fraction of sp³-hybridized carbons (Fsp3) is 0.616. The lowest BCUT2D eigenvalue weighted by molar-refractivity contribution is -0.143. The molecule has 12 atom stereocenters. The molecule has 3 aliphatic rings. The minimum Gasteiger partial charge on any atom is -0.480 e. The molecule has 0 bridgehead atoms. The van der Waals surface area contributed by atoms with Gasteiger partial charge in [0.25, 0.3) is 0 Å². The maximum Gasteiger partial charge on any atom is 0.317 e. The van der Waals surface area contributed by atoms with Crippen LogP contribution in [0.4, 0.5) is 0 Å². The van der Waals surface area contributed by atoms with Crippen molar-refractivity contribution in [1.82, 2.24) is 105 Å². The molecule has 15 amide bonds. The van der Waals surface area contributed by atoms with Crippen LogP contribution in [0.15, 0.2) is 77.6 Å². The number of carboxylic acids is 2. The SMILES string of the molecule is CCCC[C@H](NC(=O)[C@H](CCC(=O)[C@H](CC1=CCC=N1)NC(=O)[C@H](CCC(N)=O)NC(=O)[C@H](CO)NC(=O)CNC(=O)COCCOCCNC(=O)CCCCCCCCCCCCCCCc1nnn[nH]1)NC(=O)CN(CC(=O)O)CC(=O)O)C(=O)N[C@H]1CCC(=O)CCCCC[C@@H](C(N)=O)NC(=O)[C@H](Cc2c[nH]c3ccccc23)NC(=O)[C@H](CCCNC(=N)N)NC(=O)[C@@H](Cc2ccccc2)NC(=O)[C@@H]2C[C@@H](O)CN2C1=O. The van der Waals surface area contributed by atoms with Gasteiger partial charge in [-0.1, -0.05) is 158 Å². The molecule has 0 radical (unpaired) electrons. The molecule has 149 heavy (non-hydrogen) atoms. The molecular formula is C99H149N25O25. The van der Waals surface area contributed by atoms with Gasteiger partial charge < -0.3 is 126 Å². The second-order valence-corrected chi connectivity index (χ2v) is 37.4. The number of para-hydroxylation sites is 1. The molecule has 7 rings (SSSR count). The predicted octanol–water partition coefficient (Wildman–Crippen LogP) is -1.68. The highest BCUT2D eigenvalue weighted by Gasteiger charge is 2.45. The number of guanidine groups is 1. The lowest BCUT2D eigenvalue weighted by Crippen LogP contribution is -2.60. The number of fused-ring (bicyclic) bond motifs is 2. The first-order valence-electron chi connectivity index (χ1n) is 51.3. The number of primary amides is 2. The zero-order valence-electron chi connectivity index (χ0n) is 84.6. The third kappa shape index (κ3) is 47.3. The van der Waals surface area contributed by atoms with Gasteiger partial charge >= 0.3 is 11.9 Å². The third-order valence-corrected chi connectivity index (χ3v) is 25.3. The highest BCUT2D eigenvalue weighted by atomic mass is 16.5. The number of aliphatic hydroxyl groups is 2. The van der Waals surface area contributed by atoms with Gasteiger partial charge in [-0.05, 0) is 91.8 Å². The van der Waals surface area contributed by atoms with Crippen molar-refractivity contribution in [2.24, 2.45) is 22.2 Å². The summed E-state index contributed by atoms with van der Waals surface area (Å²) in [5.74, 6) is -18.4. The van der Waals surface area contributed by atoms with E-state index in [2.05, 4.69) is 99.7 Å². The Morgan fingerprint density at radius 3 is 1.84 bits per heavy atom. The third-order valence-electron chi connectivity index (χ3n) is 25.3. The summed E-state index contributed by atoms with van der Waals surface area (Å²) in [6, 6.07) is -2.60. The van der Waals surface area contributed by atoms with Gasteiger partial charge in [0.2, 0.25) is 88.6 Å². The minimum atomic E-state index is -1.93. The fourth-order valence-corrected chi connectivity index (χ4v) is 17.3. The number of hydrogen-bond donors (Lipinski definition) is 23. The number of carbonyl (C=O) groups is 19. The van der Waals surface area contributed by atoms with Crippen molar-refractivity contribution < 1.29 is 121 Å². The van der Waals surface area contributed by atoms with E-state index < -0.39 is 276 Å². The highest BCUT2D eigenvalue weighted by Crippen LogP contribution is 2.26. The molecule has 2 aromatic heterocycles. The zero-order valence-corrected chi connectivity index (χ0v) is 84.6. The van der Waals surface area contributed by atoms with Crippen LogP contribution in [0.25, 0.3) is 10.9 Å². The van der Waals surface area contributed by atoms with Gasteiger partial charge in [-0.3, -0.25) is 106 Å². The van der Waals surface area contributed by atoms with Gasteiger partial charge in [-0.25, -0.2) is 5.10 Å². The first-order chi connectivity index (χ1) is 71.6. The van der Waals surface area contributed by atoms with Crippen LogP contribution in [-0.2, 0) is 120 Å². The molecule has 2 aromatic carbocycles. The summed E-state index contributed by atoms with van der Waals surface area (Å²) >= 11 is 0. The molecule has 0 unspecified atom stereocenters. The van der Waals surface area contributed by atoms with Crippen LogP contribution in [0.1, 0.15) is 236 Å². The molecule has 820 valence electrons. The topological polar surface area (TPSA) is 771 Å². The van der Waals surface area contributed by atoms with E-state index in [0.717, 1.165) is 49.2 Å². The zero-order chi connectivity index (χ0) is 108. The van der Waals surface area contributed by atoms with Crippen LogP contribution >= 0.6 is 0 Å². The number of carboxylic acid groups (broad SMARTS) is 2. The average Bonchev–Trinajstić information content (AvgIpc) is 1.67. The number of allylic oxidation sites excluding steroid dienone is 1. The van der Waals surface area contributed by atoms with Gasteiger partial charge in [0.15, 0.2) is 11.7 Å². The maximum absolute atomic E-state index is 15.5. The molecule has 3 aliphatic heterocycles. The van der Waals surface area contributed by atoms with E-state index in [1.54, 1.807) is 73.8 Å². The van der Waals surface area contributed by atoms with Crippen LogP contribution in [-0.4, -0.2) is 332 Å². The van der Waals surface area contributed by atoms with Crippen molar-refractivity contribution in [3.63, 3.8) is 0 Å². The second-order valence-electron chi connectivity index (χ2n) is 37.4. The number of rotatable bonds is 64. The number of aryl methyl sites for hydroxylation is 1. The summed E-state index contributed by atoms with van der Waals surface area (Å²) < 4.78 is 10.9. The van der Waals surface area contributed by atoms with E-state index in [4.69, 9.17) is 32.1 Å². The van der Waals surface area contributed by atoms with Gasteiger partial charge in [0, 0.05) is 119 Å². The number of aliphatic hydroxyl groups excluding tert-OH is 2. The number of aromatic amines is 2. The number of aliphatic imine (C=N–C) groups is 1. The largest absolute Gasteiger partial charge is 0.480 e. The van der Waals surface area contributed by atoms with E-state index in [1.165, 1.54) is 57.6 Å². The van der Waals surface area contributed by atoms with Crippen molar-refractivity contribution in [3.05, 3.63) is 89.5 Å². The summed E-state index contributed by atoms with van der Waals surface area (Å²) in [7, 11) is 0. The Labute approximate surface area is 863 Å². The predicted molar refractivity (Wildman–Crippen MR) is 540 cm³/mol. The molecule has 5 heterocycles. The van der Waals surface area contributed by atoms with Gasteiger partial charge in [0.05, 0.1) is 64.8 Å². The lowest BCUT2D eigenvalue weighted by Gasteiger charge is -2.31. The van der Waals surface area contributed by atoms with E-state index >= 15 is 24.0 Å². The Balaban J connectivity index is 1.02. The highest BCUT2D eigenvalue weighted by molar-refractivity contribution is 6.01. The molecule has 4 aromatic rings. The summed E-state index contributed by atoms with van der Waals surface area (Å²) in [4.78, 5) is 274. The molecule has 0 aliphatic carbocycles. The summed E-state index contributed by atoms with van der Waals surface area (Å²) in [5, 5.41) is 97.0. The quantitative estimate of drug-likeness (QED) is 0.0133. The number of Topliss-reactive ketones (excluding diaryl/α,β-unsaturated/α-hetero) is 2. The van der Waals surface area contributed by atoms with Crippen LogP contribution in [0.2, 0.25) is 0 Å². The average molecular weight is 2090 g/mol. The standard InChI is InChI=1S/C99H149N25O25/c1-2-3-32-70(90(139)115-74-39-38-65(126)30-19-16-20-34-69(89(101)138)111-95(144)77(51-63-54-107-68-33-24-23-31-67(63)68)117-91(140)71(35-26-45-106-99(102)103)113-94(143)76(50-62-27-17-15-18-28-62)118-97(146)79-53-66(127)56-124(79)98(74)147)112-92(141)72(109-85(132)57-123(58-87(134)135)59-88(136)137)40-42-80(128)75(52-64-29-25-44-104-64)116-93(142)73(41-43-81(100)129)114-96(145)78(60-125)110-84(131)55-108-86(133)61-149-49-48-148-47-46-105-83(130)37-22-14-12-10-8-6-4-5-7-9-11-13-21-36-82-119-121-122-120-82/h15,17-18,23-24,27-29,31,33,44,54,66,69-79,107,125,127H,2-14,16,19-22,25-26,30,32,34-43,45-53,55-61H2,1H3,(H2,100,129)(H2,101,138)(H,105,130)(H,108,133)(H,109,132)(H,110,131)(H,111,144)(H,112,141)(H,113,143)(H,114,145)(H,115,139)(H,116,142)(H,117,140)(H,118,146)(H,134,135)(H,136,137)(H4,102,103,106)(H,119,120,121,122)/t66-,69+,70+,71+,72+,73+,74+,75+,76-,77+,78+,79+/m1/s1. The van der Waals surface area contributed by atoms with Crippen molar-refractivity contribution in [3.8, 4) is 0 Å². The fourth-order valence-electron chi connectivity index (χ4n) is 17.3. The Kier molecular flexibility index (Phi) is 55.3. The monoisotopic (exact) mass is 2090 g/mol. The van der Waals surface area contributed by atoms with Crippen molar-refractivity contribution in [1.29, 1.82) is 5.41 Å². The molecule has 26 N–H and O–H groups in total. The van der Waals surface area contributed by atoms with Crippen molar-refractivity contribution in [2.45, 2.75) is 311 Å². The first-order valence-corrected chi connectivity index (χ1v) is 51.3. The minimum absolute atomic E-state index is 0.0243. The number of unbranched alkanes of at least 4 members (excludes halogenated alkanes) is 13. The van der Waals surface area contributed by atoms with Crippen LogP contribution in [0.3, 0.4) is 0 Å². The summed E-state index contributed by atoms with van der Waals surface area (Å²) in [5.41, 5.74) is 19.0. The van der Waals surface area contributed by atoms with Crippen molar-refractivity contribution >= 4 is 135 Å². The number of ketones is 2. The number of aliphatic carboxylic acids is 2. The summed E-state index contributed by atoms with van der Waals surface area (Å²) in [6.07, 6.45) is 15.4. The number of ether oxygens (including phenoxy) is 2. The van der Waals surface area contributed by atoms with E-state index in [1.807, 2.05) is 0 Å². The molecule has 50 heteroatoms. The van der Waals surface area contributed by atoms with E-state index in [0.29, 0.717) is 39.8 Å². The number of aromatic nitrogens is 5. The number of nitrogens with zero attached hydrogens (tertiary/aromatic N) is 6. The Morgan fingerprint density at radius 1 is 0.577 bits per heavy atom. The number of carbonyl (C=O) groups excluding carboxylic acids is 17. The molecule has 0 saturated carbocycles. The summed E-state index contributed by atoms with van der Waals surface area (Å²) in [6.45, 7) is -3.71. The maximum atomic E-state index is 15.5. The number of amides is 15. The number of nitrogens with two attached hydrogens (primary N) is 3. The van der Waals surface area contributed by atoms with Crippen LogP contribution < -0.4 is 86.3 Å². The van der Waals surface area contributed by atoms with Crippen LogP contribution in [0, 0.1) is 5.41 Å². The van der Waals surface area contributed by atoms with E-state index in [9.17, 15) is 87.5 Å². The smallest absolute Gasteiger partial charge is 0.317 e. The Morgan fingerprint density at radius 2 is 1.19 bits per heavy atom. The van der Waals surface area contributed by atoms with E-state index in [-0.39, 0.29) is 128 Å². The molecule has 0 spiro atoms. The first kappa shape index (κ1) is 122.